The molecule has 2 aliphatic carbocycles. The average molecular weight is 210 g/mol. The van der Waals surface area contributed by atoms with Crippen LogP contribution >= 0.6 is 0 Å². The van der Waals surface area contributed by atoms with Gasteiger partial charge in [-0.25, -0.2) is 0 Å². The first-order valence-electron chi connectivity index (χ1n) is 6.34. The van der Waals surface area contributed by atoms with Gasteiger partial charge in [0.05, 0.1) is 5.60 Å². The second kappa shape index (κ2) is 4.65. The first-order chi connectivity index (χ1) is 7.18. The van der Waals surface area contributed by atoms with Gasteiger partial charge in [-0.1, -0.05) is 19.3 Å². The van der Waals surface area contributed by atoms with Crippen LogP contribution in [0.1, 0.15) is 58.3 Å². The first-order valence-corrected chi connectivity index (χ1v) is 6.34. The first kappa shape index (κ1) is 11.1. The van der Waals surface area contributed by atoms with Crippen molar-refractivity contribution < 1.29 is 9.53 Å². The lowest BCUT2D eigenvalue weighted by Gasteiger charge is -2.34. The average Bonchev–Trinajstić information content (AvgIpc) is 2.15. The van der Waals surface area contributed by atoms with Gasteiger partial charge in [0.1, 0.15) is 5.78 Å². The van der Waals surface area contributed by atoms with Gasteiger partial charge in [0.2, 0.25) is 0 Å². The number of Topliss-reactive ketones (excluding diaryl/α,β-unsaturated/α-hetero) is 1. The lowest BCUT2D eigenvalue weighted by Crippen LogP contribution is -2.35. The number of ketones is 1. The van der Waals surface area contributed by atoms with Crippen molar-refractivity contribution in [3.8, 4) is 0 Å². The fourth-order valence-electron chi connectivity index (χ4n) is 2.46. The third-order valence-corrected chi connectivity index (χ3v) is 4.07. The zero-order chi connectivity index (χ0) is 10.7. The summed E-state index contributed by atoms with van der Waals surface area (Å²) in [6.07, 6.45) is 8.74. The fourth-order valence-corrected chi connectivity index (χ4v) is 2.46. The second-order valence-electron chi connectivity index (χ2n) is 5.42. The minimum Gasteiger partial charge on any atom is -0.375 e. The third kappa shape index (κ3) is 3.04. The topological polar surface area (TPSA) is 26.3 Å². The van der Waals surface area contributed by atoms with Gasteiger partial charge in [0.25, 0.3) is 0 Å². The van der Waals surface area contributed by atoms with Crippen LogP contribution in [0.2, 0.25) is 0 Å². The summed E-state index contributed by atoms with van der Waals surface area (Å²) in [6, 6.07) is 0. The van der Waals surface area contributed by atoms with Gasteiger partial charge < -0.3 is 4.74 Å². The molecule has 2 rings (SSSR count). The summed E-state index contributed by atoms with van der Waals surface area (Å²) in [7, 11) is 0. The number of carbonyl (C=O) groups is 1. The van der Waals surface area contributed by atoms with Gasteiger partial charge in [-0.2, -0.15) is 0 Å². The molecule has 2 nitrogen and oxygen atoms in total. The smallest absolute Gasteiger partial charge is 0.133 e. The van der Waals surface area contributed by atoms with Crippen LogP contribution in [-0.4, -0.2) is 18.0 Å². The Hall–Kier alpha value is -0.370. The van der Waals surface area contributed by atoms with Crippen LogP contribution in [0.15, 0.2) is 0 Å². The zero-order valence-corrected chi connectivity index (χ0v) is 9.76. The Morgan fingerprint density at radius 2 is 2.00 bits per heavy atom. The molecule has 0 heterocycles. The Balaban J connectivity index is 1.65. The molecule has 0 N–H and O–H groups in total. The molecule has 0 saturated heterocycles. The van der Waals surface area contributed by atoms with E-state index in [0.717, 1.165) is 38.2 Å². The summed E-state index contributed by atoms with van der Waals surface area (Å²) in [4.78, 5) is 11.1. The maximum Gasteiger partial charge on any atom is 0.133 e. The summed E-state index contributed by atoms with van der Waals surface area (Å²) in [5.74, 6) is 1.34. The van der Waals surface area contributed by atoms with Gasteiger partial charge in [0, 0.05) is 19.4 Å². The quantitative estimate of drug-likeness (QED) is 0.712. The minimum absolute atomic E-state index is 0.00232. The van der Waals surface area contributed by atoms with E-state index in [1.807, 2.05) is 0 Å². The molecule has 2 saturated carbocycles. The number of hydrogen-bond acceptors (Lipinski definition) is 2. The van der Waals surface area contributed by atoms with E-state index in [1.54, 1.807) is 0 Å². The number of hydrogen-bond donors (Lipinski definition) is 0. The lowest BCUT2D eigenvalue weighted by atomic mass is 9.83. The minimum atomic E-state index is -0.00232. The number of ether oxygens (including phenoxy) is 1. The molecule has 0 atom stereocenters. The Bertz CT molecular complexity index is 221. The van der Waals surface area contributed by atoms with E-state index in [9.17, 15) is 4.79 Å². The Labute approximate surface area is 92.4 Å². The largest absolute Gasteiger partial charge is 0.375 e. The summed E-state index contributed by atoms with van der Waals surface area (Å²) >= 11 is 0. The molecule has 2 aliphatic rings. The summed E-state index contributed by atoms with van der Waals surface area (Å²) in [5.41, 5.74) is -0.00232. The Morgan fingerprint density at radius 3 is 2.53 bits per heavy atom. The van der Waals surface area contributed by atoms with Crippen LogP contribution < -0.4 is 0 Å². The van der Waals surface area contributed by atoms with Crippen LogP contribution in [-0.2, 0) is 9.53 Å². The molecule has 0 bridgehead atoms. The van der Waals surface area contributed by atoms with Gasteiger partial charge in [-0.3, -0.25) is 4.79 Å². The highest BCUT2D eigenvalue weighted by atomic mass is 16.5. The van der Waals surface area contributed by atoms with Crippen LogP contribution in [0.5, 0.6) is 0 Å². The maximum absolute atomic E-state index is 11.1. The highest BCUT2D eigenvalue weighted by Crippen LogP contribution is 2.32. The van der Waals surface area contributed by atoms with Crippen molar-refractivity contribution in [3.05, 3.63) is 0 Å². The third-order valence-electron chi connectivity index (χ3n) is 4.07. The summed E-state index contributed by atoms with van der Waals surface area (Å²) < 4.78 is 5.97. The summed E-state index contributed by atoms with van der Waals surface area (Å²) in [6.45, 7) is 3.07. The molecule has 0 aromatic carbocycles. The van der Waals surface area contributed by atoms with Crippen molar-refractivity contribution in [2.75, 3.05) is 6.61 Å². The fraction of sp³-hybridized carbons (Fsp3) is 0.923. The number of carbonyl (C=O) groups excluding carboxylic acids is 1. The zero-order valence-electron chi connectivity index (χ0n) is 9.76. The van der Waals surface area contributed by atoms with Crippen molar-refractivity contribution in [1.82, 2.24) is 0 Å². The second-order valence-corrected chi connectivity index (χ2v) is 5.42. The van der Waals surface area contributed by atoms with Crippen LogP contribution in [0.4, 0.5) is 0 Å². The van der Waals surface area contributed by atoms with E-state index in [-0.39, 0.29) is 5.60 Å². The van der Waals surface area contributed by atoms with Crippen LogP contribution in [0.3, 0.4) is 0 Å². The molecule has 0 aromatic heterocycles. The van der Waals surface area contributed by atoms with Gasteiger partial charge >= 0.3 is 0 Å². The van der Waals surface area contributed by atoms with E-state index in [4.69, 9.17) is 4.74 Å². The molecule has 2 fully saturated rings. The molecule has 0 aromatic rings. The lowest BCUT2D eigenvalue weighted by molar-refractivity contribution is -0.128. The SMILES string of the molecule is CC1(OCCC2CCC2)CCC(=O)CC1. The van der Waals surface area contributed by atoms with Crippen molar-refractivity contribution >= 4 is 5.78 Å². The standard InChI is InChI=1S/C13H22O2/c1-13(8-5-12(14)6-9-13)15-10-7-11-3-2-4-11/h11H,2-10H2,1H3. The van der Waals surface area contributed by atoms with E-state index < -0.39 is 0 Å². The normalized spacial score (nSPS) is 26.3. The molecule has 0 spiro atoms. The molecule has 0 unspecified atom stereocenters. The molecule has 15 heavy (non-hydrogen) atoms. The predicted octanol–water partition coefficient (Wildman–Crippen LogP) is 3.10. The van der Waals surface area contributed by atoms with Crippen molar-refractivity contribution in [3.63, 3.8) is 0 Å². The number of rotatable bonds is 4. The predicted molar refractivity (Wildman–Crippen MR) is 59.8 cm³/mol. The molecule has 0 radical (unpaired) electrons. The van der Waals surface area contributed by atoms with Crippen LogP contribution in [0, 0.1) is 5.92 Å². The van der Waals surface area contributed by atoms with Gasteiger partial charge in [-0.05, 0) is 32.1 Å². The van der Waals surface area contributed by atoms with Gasteiger partial charge in [-0.15, -0.1) is 0 Å². The highest BCUT2D eigenvalue weighted by Gasteiger charge is 2.31. The molecule has 0 aliphatic heterocycles. The maximum atomic E-state index is 11.1. The van der Waals surface area contributed by atoms with Crippen molar-refractivity contribution in [1.29, 1.82) is 0 Å². The Kier molecular flexibility index (Phi) is 3.45. The van der Waals surface area contributed by atoms with E-state index in [1.165, 1.54) is 25.7 Å². The van der Waals surface area contributed by atoms with E-state index in [0.29, 0.717) is 5.78 Å². The Morgan fingerprint density at radius 1 is 1.33 bits per heavy atom. The molecule has 2 heteroatoms. The van der Waals surface area contributed by atoms with E-state index >= 15 is 0 Å². The van der Waals surface area contributed by atoms with Crippen molar-refractivity contribution in [2.24, 2.45) is 5.92 Å². The van der Waals surface area contributed by atoms with Crippen molar-refractivity contribution in [2.45, 2.75) is 63.9 Å². The molecular formula is C13H22O2. The van der Waals surface area contributed by atoms with Crippen LogP contribution in [0.25, 0.3) is 0 Å². The molecule has 0 amide bonds. The summed E-state index contributed by atoms with van der Waals surface area (Å²) in [5, 5.41) is 0. The van der Waals surface area contributed by atoms with E-state index in [2.05, 4.69) is 6.92 Å². The molecule has 86 valence electrons. The monoisotopic (exact) mass is 210 g/mol. The van der Waals surface area contributed by atoms with Gasteiger partial charge in [0.15, 0.2) is 0 Å². The highest BCUT2D eigenvalue weighted by molar-refractivity contribution is 5.79. The molecular weight excluding hydrogens is 188 g/mol.